The van der Waals surface area contributed by atoms with Crippen LogP contribution in [-0.2, 0) is 10.8 Å². The number of hydrogen-bond acceptors (Lipinski definition) is 2. The van der Waals surface area contributed by atoms with Crippen LogP contribution in [0, 0.1) is 10.8 Å². The Labute approximate surface area is 240 Å². The topological polar surface area (TPSA) is 57.4 Å². The van der Waals surface area contributed by atoms with Gasteiger partial charge in [-0.05, 0) is 86.9 Å². The van der Waals surface area contributed by atoms with Gasteiger partial charge in [0.05, 0.1) is 22.8 Å². The van der Waals surface area contributed by atoms with Crippen LogP contribution in [0.1, 0.15) is 117 Å². The molecule has 2 N–H and O–H groups in total. The lowest BCUT2D eigenvalue weighted by atomic mass is 9.71. The maximum atomic E-state index is 5.54. The molecule has 3 aromatic heterocycles. The molecule has 0 unspecified atom stereocenters. The van der Waals surface area contributed by atoms with Crippen molar-refractivity contribution in [2.24, 2.45) is 10.8 Å². The molecule has 0 saturated heterocycles. The highest BCUT2D eigenvalue weighted by Crippen LogP contribution is 2.52. The first-order valence-corrected chi connectivity index (χ1v) is 14.5. The van der Waals surface area contributed by atoms with E-state index in [2.05, 4.69) is 142 Å². The van der Waals surface area contributed by atoms with Crippen molar-refractivity contribution >= 4 is 45.4 Å². The average molecular weight is 535 g/mol. The Morgan fingerprint density at radius 2 is 1.10 bits per heavy atom. The molecule has 5 rings (SSSR count). The van der Waals surface area contributed by atoms with E-state index in [1.165, 1.54) is 27.8 Å². The molecule has 0 aromatic carbocycles. The molecule has 0 spiro atoms. The van der Waals surface area contributed by atoms with E-state index in [0.29, 0.717) is 0 Å². The van der Waals surface area contributed by atoms with Crippen molar-refractivity contribution in [3.05, 3.63) is 70.3 Å². The molecule has 0 atom stereocenters. The summed E-state index contributed by atoms with van der Waals surface area (Å²) in [4.78, 5) is 17.9. The number of fused-ring (bicyclic) bond motifs is 8. The zero-order valence-electron chi connectivity index (χ0n) is 26.5. The van der Waals surface area contributed by atoms with Crippen LogP contribution in [-0.4, -0.2) is 19.9 Å². The maximum Gasteiger partial charge on any atom is 0.0736 e. The van der Waals surface area contributed by atoms with Gasteiger partial charge in [-0.25, -0.2) is 9.97 Å². The second-order valence-electron chi connectivity index (χ2n) is 15.6. The molecule has 0 amide bonds. The second kappa shape index (κ2) is 9.06. The minimum Gasteiger partial charge on any atom is -0.355 e. The summed E-state index contributed by atoms with van der Waals surface area (Å²) < 4.78 is 0. The first kappa shape index (κ1) is 28.1. The van der Waals surface area contributed by atoms with Crippen LogP contribution in [0.5, 0.6) is 0 Å². The lowest BCUT2D eigenvalue weighted by molar-refractivity contribution is 0.533. The first-order chi connectivity index (χ1) is 18.3. The number of aromatic nitrogens is 4. The Bertz CT molecular complexity index is 1710. The van der Waals surface area contributed by atoms with Gasteiger partial charge >= 0.3 is 0 Å². The van der Waals surface area contributed by atoms with Gasteiger partial charge in [0.15, 0.2) is 0 Å². The largest absolute Gasteiger partial charge is 0.355 e. The van der Waals surface area contributed by atoms with Crippen molar-refractivity contribution in [3.8, 4) is 0 Å². The van der Waals surface area contributed by atoms with E-state index >= 15 is 0 Å². The fourth-order valence-corrected chi connectivity index (χ4v) is 6.06. The number of nitrogens with one attached hydrogen (secondary N) is 2. The van der Waals surface area contributed by atoms with E-state index in [-0.39, 0.29) is 21.7 Å². The molecule has 4 nitrogen and oxygen atoms in total. The van der Waals surface area contributed by atoms with Crippen molar-refractivity contribution in [3.63, 3.8) is 0 Å². The highest BCUT2D eigenvalue weighted by molar-refractivity contribution is 5.98. The van der Waals surface area contributed by atoms with Crippen LogP contribution in [0.25, 0.3) is 45.4 Å². The van der Waals surface area contributed by atoms with Gasteiger partial charge in [-0.3, -0.25) is 0 Å². The molecule has 0 saturated carbocycles. The summed E-state index contributed by atoms with van der Waals surface area (Å²) in [7, 11) is 0. The number of rotatable bonds is 0. The Morgan fingerprint density at radius 1 is 0.525 bits per heavy atom. The molecule has 4 heteroatoms. The van der Waals surface area contributed by atoms with E-state index in [1.807, 2.05) is 0 Å². The van der Waals surface area contributed by atoms with Crippen molar-refractivity contribution < 1.29 is 0 Å². The Kier molecular flexibility index (Phi) is 6.37. The van der Waals surface area contributed by atoms with Crippen LogP contribution >= 0.6 is 0 Å². The van der Waals surface area contributed by atoms with E-state index < -0.39 is 0 Å². The summed E-state index contributed by atoms with van der Waals surface area (Å²) in [6.45, 7) is 27.7. The highest BCUT2D eigenvalue weighted by Gasteiger charge is 2.39. The third-order valence-corrected chi connectivity index (χ3v) is 7.67. The third-order valence-electron chi connectivity index (χ3n) is 7.67. The van der Waals surface area contributed by atoms with Crippen molar-refractivity contribution in [1.82, 2.24) is 19.9 Å². The lowest BCUT2D eigenvalue weighted by Crippen LogP contribution is -2.21. The molecule has 2 aliphatic rings. The molecule has 0 fully saturated rings. The number of aromatic amines is 2. The molecular weight excluding hydrogens is 488 g/mol. The smallest absolute Gasteiger partial charge is 0.0736 e. The summed E-state index contributed by atoms with van der Waals surface area (Å²) in [5.41, 5.74) is 13.1. The Hall–Kier alpha value is -3.40. The van der Waals surface area contributed by atoms with Crippen LogP contribution in [0.3, 0.4) is 0 Å². The van der Waals surface area contributed by atoms with Gasteiger partial charge in [0.1, 0.15) is 0 Å². The molecule has 210 valence electrons. The SMILES string of the molecule is CC(C)(C)C1=C(C(C)(C)C)c2nc1cc1nc(cc3ccc(cc4cc(C(C)(C)C)c([nH]4)c2C(C)(C)C)[nH]3)C=C1. The predicted octanol–water partition coefficient (Wildman–Crippen LogP) is 10.1. The number of H-pyrrole nitrogens is 2. The quantitative estimate of drug-likeness (QED) is 0.236. The minimum absolute atomic E-state index is 0.0579. The zero-order valence-corrected chi connectivity index (χ0v) is 26.5. The molecule has 5 heterocycles. The van der Waals surface area contributed by atoms with Crippen molar-refractivity contribution in [2.75, 3.05) is 0 Å². The standard InChI is InChI=1S/C36H46N4/c1-33(2,3)26-19-25-18-23-14-13-21(37-23)17-22-15-16-24(38-22)20-27-28(34(4,5)6)29(35(7,8)9)32(40-27)30(31(26)39-25)36(10,11)12/h13-20,37,39H,1-12H3. The summed E-state index contributed by atoms with van der Waals surface area (Å²) in [6, 6.07) is 13.1. The Balaban J connectivity index is 2.11. The van der Waals surface area contributed by atoms with Gasteiger partial charge in [-0.1, -0.05) is 83.1 Å². The molecular formula is C36H46N4. The van der Waals surface area contributed by atoms with Gasteiger partial charge in [-0.2, -0.15) is 0 Å². The summed E-state index contributed by atoms with van der Waals surface area (Å²) >= 11 is 0. The average Bonchev–Trinajstić information content (AvgIpc) is 3.53. The minimum atomic E-state index is -0.165. The Morgan fingerprint density at radius 3 is 1.65 bits per heavy atom. The summed E-state index contributed by atoms with van der Waals surface area (Å²) in [5.74, 6) is 0. The van der Waals surface area contributed by atoms with Gasteiger partial charge in [0, 0.05) is 27.6 Å². The van der Waals surface area contributed by atoms with Crippen molar-refractivity contribution in [2.45, 2.75) is 93.9 Å². The second-order valence-corrected chi connectivity index (χ2v) is 15.6. The van der Waals surface area contributed by atoms with Crippen LogP contribution < -0.4 is 0 Å². The zero-order chi connectivity index (χ0) is 29.4. The van der Waals surface area contributed by atoms with E-state index in [0.717, 1.165) is 39.3 Å². The summed E-state index contributed by atoms with van der Waals surface area (Å²) in [6.07, 6.45) is 4.18. The molecule has 0 radical (unpaired) electrons. The van der Waals surface area contributed by atoms with E-state index in [1.54, 1.807) is 0 Å². The number of allylic oxidation sites excluding steroid dienone is 2. The number of nitrogens with zero attached hydrogens (tertiary/aromatic N) is 2. The summed E-state index contributed by atoms with van der Waals surface area (Å²) in [5, 5.41) is 0. The lowest BCUT2D eigenvalue weighted by Gasteiger charge is -2.32. The molecule has 3 aromatic rings. The van der Waals surface area contributed by atoms with Gasteiger partial charge in [0.25, 0.3) is 0 Å². The predicted molar refractivity (Wildman–Crippen MR) is 173 cm³/mol. The van der Waals surface area contributed by atoms with Crippen LogP contribution in [0.2, 0.25) is 0 Å². The van der Waals surface area contributed by atoms with Crippen LogP contribution in [0.4, 0.5) is 0 Å². The molecule has 2 aliphatic heterocycles. The third kappa shape index (κ3) is 5.21. The molecule has 40 heavy (non-hydrogen) atoms. The fourth-order valence-electron chi connectivity index (χ4n) is 6.06. The van der Waals surface area contributed by atoms with Gasteiger partial charge in [-0.15, -0.1) is 0 Å². The first-order valence-electron chi connectivity index (χ1n) is 14.5. The van der Waals surface area contributed by atoms with E-state index in [9.17, 15) is 0 Å². The molecule has 8 bridgehead atoms. The van der Waals surface area contributed by atoms with E-state index in [4.69, 9.17) is 9.97 Å². The maximum absolute atomic E-state index is 5.54. The highest BCUT2D eigenvalue weighted by atomic mass is 14.8. The number of hydrogen-bond donors (Lipinski definition) is 2. The van der Waals surface area contributed by atoms with Gasteiger partial charge < -0.3 is 9.97 Å². The normalized spacial score (nSPS) is 14.8. The van der Waals surface area contributed by atoms with Gasteiger partial charge in [0.2, 0.25) is 0 Å². The monoisotopic (exact) mass is 534 g/mol. The van der Waals surface area contributed by atoms with Crippen LogP contribution in [0.15, 0.2) is 36.4 Å². The fraction of sp³-hybridized carbons (Fsp3) is 0.444. The van der Waals surface area contributed by atoms with Crippen molar-refractivity contribution in [1.29, 1.82) is 0 Å². The molecule has 0 aliphatic carbocycles.